The van der Waals surface area contributed by atoms with Crippen LogP contribution in [0.25, 0.3) is 0 Å². The van der Waals surface area contributed by atoms with Crippen molar-refractivity contribution >= 4 is 0 Å². The number of hydrogen-bond donors (Lipinski definition) is 2. The van der Waals surface area contributed by atoms with Crippen molar-refractivity contribution in [3.63, 3.8) is 0 Å². The maximum absolute atomic E-state index is 9.94. The van der Waals surface area contributed by atoms with Crippen LogP contribution in [0.1, 0.15) is 58.6 Å². The van der Waals surface area contributed by atoms with Gasteiger partial charge < -0.3 is 10.4 Å². The van der Waals surface area contributed by atoms with E-state index in [1.807, 2.05) is 12.1 Å². The van der Waals surface area contributed by atoms with Gasteiger partial charge in [0.2, 0.25) is 0 Å². The zero-order valence-electron chi connectivity index (χ0n) is 15.6. The Hall–Kier alpha value is -1.28. The van der Waals surface area contributed by atoms with Gasteiger partial charge in [-0.2, -0.15) is 0 Å². The first-order chi connectivity index (χ1) is 10.8. The van der Waals surface area contributed by atoms with Gasteiger partial charge in [-0.3, -0.25) is 0 Å². The molecule has 0 radical (unpaired) electrons. The molecule has 4 atom stereocenters. The number of phenols is 1. The summed E-state index contributed by atoms with van der Waals surface area (Å²) in [5, 5.41) is 13.7. The molecule has 0 bridgehead atoms. The van der Waals surface area contributed by atoms with Crippen LogP contribution in [0.4, 0.5) is 0 Å². The minimum atomic E-state index is 0.136. The number of aryl methyl sites for hydroxylation is 1. The molecule has 0 unspecified atom stereocenters. The van der Waals surface area contributed by atoms with Crippen LogP contribution < -0.4 is 5.32 Å². The molecular formula is C21H33NO. The van der Waals surface area contributed by atoms with E-state index < -0.39 is 0 Å². The Morgan fingerprint density at radius 2 is 2.04 bits per heavy atom. The highest BCUT2D eigenvalue weighted by atomic mass is 16.3. The van der Waals surface area contributed by atoms with E-state index in [2.05, 4.69) is 52.9 Å². The van der Waals surface area contributed by atoms with Crippen LogP contribution in [0.5, 0.6) is 5.75 Å². The lowest BCUT2D eigenvalue weighted by atomic mass is 9.58. The number of allylic oxidation sites excluding steroid dienone is 1. The van der Waals surface area contributed by atoms with Crippen LogP contribution in [0.3, 0.4) is 0 Å². The molecular weight excluding hydrogens is 282 g/mol. The molecule has 1 aliphatic rings. The first-order valence-electron chi connectivity index (χ1n) is 8.92. The predicted molar refractivity (Wildman–Crippen MR) is 99.0 cm³/mol. The summed E-state index contributed by atoms with van der Waals surface area (Å²) < 4.78 is 0. The number of hydrogen-bond acceptors (Lipinski definition) is 2. The first-order valence-corrected chi connectivity index (χ1v) is 8.92. The third-order valence-electron chi connectivity index (χ3n) is 6.13. The minimum absolute atomic E-state index is 0.136. The van der Waals surface area contributed by atoms with Crippen LogP contribution in [0.2, 0.25) is 0 Å². The quantitative estimate of drug-likeness (QED) is 0.771. The fraction of sp³-hybridized carbons (Fsp3) is 0.619. The molecule has 2 rings (SSSR count). The smallest absolute Gasteiger partial charge is 0.115 e. The number of aromatic hydroxyl groups is 1. The molecule has 2 nitrogen and oxygen atoms in total. The van der Waals surface area contributed by atoms with Crippen LogP contribution >= 0.6 is 0 Å². The van der Waals surface area contributed by atoms with Crippen molar-refractivity contribution in [2.45, 2.75) is 65.8 Å². The van der Waals surface area contributed by atoms with Crippen molar-refractivity contribution in [3.8, 4) is 5.75 Å². The second-order valence-corrected chi connectivity index (χ2v) is 7.90. The van der Waals surface area contributed by atoms with Crippen molar-refractivity contribution in [3.05, 3.63) is 41.0 Å². The van der Waals surface area contributed by atoms with Crippen LogP contribution in [0.15, 0.2) is 29.8 Å². The average Bonchev–Trinajstić information content (AvgIpc) is 2.49. The molecule has 1 saturated carbocycles. The van der Waals surface area contributed by atoms with E-state index >= 15 is 0 Å². The fourth-order valence-electron chi connectivity index (χ4n) is 4.18. The maximum Gasteiger partial charge on any atom is 0.115 e. The Morgan fingerprint density at radius 3 is 2.70 bits per heavy atom. The molecule has 0 heterocycles. The Kier molecular flexibility index (Phi) is 5.57. The Balaban J connectivity index is 2.18. The summed E-state index contributed by atoms with van der Waals surface area (Å²) in [6, 6.07) is 6.40. The van der Waals surface area contributed by atoms with Gasteiger partial charge in [-0.1, -0.05) is 38.5 Å². The maximum atomic E-state index is 9.94. The van der Waals surface area contributed by atoms with Gasteiger partial charge in [-0.15, -0.1) is 0 Å². The lowest BCUT2D eigenvalue weighted by molar-refractivity contribution is 0.116. The van der Waals surface area contributed by atoms with Gasteiger partial charge in [0.05, 0.1) is 0 Å². The molecule has 0 aliphatic heterocycles. The topological polar surface area (TPSA) is 32.3 Å². The number of benzene rings is 1. The van der Waals surface area contributed by atoms with Crippen LogP contribution in [-0.4, -0.2) is 17.7 Å². The van der Waals surface area contributed by atoms with E-state index in [1.165, 1.54) is 23.1 Å². The summed E-state index contributed by atoms with van der Waals surface area (Å²) in [5.41, 5.74) is 4.12. The summed E-state index contributed by atoms with van der Waals surface area (Å²) in [6.07, 6.45) is 4.62. The van der Waals surface area contributed by atoms with Crippen molar-refractivity contribution < 1.29 is 5.11 Å². The largest absolute Gasteiger partial charge is 0.508 e. The number of phenolic OH excluding ortho intramolecular Hbond substituents is 1. The zero-order chi connectivity index (χ0) is 17.2. The number of nitrogens with one attached hydrogen (secondary N) is 1. The van der Waals surface area contributed by atoms with E-state index in [9.17, 15) is 5.11 Å². The summed E-state index contributed by atoms with van der Waals surface area (Å²) in [4.78, 5) is 0. The highest BCUT2D eigenvalue weighted by Crippen LogP contribution is 2.47. The molecule has 1 aromatic rings. The summed E-state index contributed by atoms with van der Waals surface area (Å²) in [6.45, 7) is 14.6. The first kappa shape index (κ1) is 18.1. The molecule has 1 aliphatic carbocycles. The van der Waals surface area contributed by atoms with Gasteiger partial charge in [-0.25, -0.2) is 0 Å². The third kappa shape index (κ3) is 3.80. The van der Waals surface area contributed by atoms with Gasteiger partial charge >= 0.3 is 0 Å². The highest BCUT2D eigenvalue weighted by molar-refractivity contribution is 5.40. The Bertz CT molecular complexity index is 573. The van der Waals surface area contributed by atoms with Gasteiger partial charge in [0.15, 0.2) is 0 Å². The lowest BCUT2D eigenvalue weighted by Gasteiger charge is -2.48. The number of rotatable bonds is 4. The molecule has 23 heavy (non-hydrogen) atoms. The zero-order valence-corrected chi connectivity index (χ0v) is 15.6. The minimum Gasteiger partial charge on any atom is -0.508 e. The van der Waals surface area contributed by atoms with Crippen molar-refractivity contribution in [2.24, 2.45) is 11.8 Å². The average molecular weight is 316 g/mol. The molecule has 0 aromatic heterocycles. The van der Waals surface area contributed by atoms with Gasteiger partial charge in [0.1, 0.15) is 5.75 Å². The summed E-state index contributed by atoms with van der Waals surface area (Å²) in [5.74, 6) is 1.57. The molecule has 0 amide bonds. The standard InChI is InChI=1S/C21H33NO/c1-14(2)10-12-22-20-9-11-21(6,17(5)16(20)4)19-13-18(23)8-7-15(19)3/h7-8,10,13,16-17,20,22-23H,9,11-12H2,1-6H3/t16-,17+,20-,21-/m1/s1. The fourth-order valence-corrected chi connectivity index (χ4v) is 4.18. The van der Waals surface area contributed by atoms with Gasteiger partial charge in [-0.05, 0) is 74.1 Å². The van der Waals surface area contributed by atoms with E-state index in [1.54, 1.807) is 6.07 Å². The molecule has 1 fully saturated rings. The van der Waals surface area contributed by atoms with Crippen LogP contribution in [-0.2, 0) is 5.41 Å². The molecule has 0 saturated heterocycles. The van der Waals surface area contributed by atoms with Crippen molar-refractivity contribution in [2.75, 3.05) is 6.54 Å². The SMILES string of the molecule is CC(C)=CCN[C@@H]1CC[C@@](C)(c2cc(O)ccc2C)[C@@H](C)[C@H]1C. The van der Waals surface area contributed by atoms with E-state index in [-0.39, 0.29) is 5.41 Å². The van der Waals surface area contributed by atoms with E-state index in [0.717, 1.165) is 13.0 Å². The summed E-state index contributed by atoms with van der Waals surface area (Å²) >= 11 is 0. The van der Waals surface area contributed by atoms with Crippen molar-refractivity contribution in [1.82, 2.24) is 5.32 Å². The third-order valence-corrected chi connectivity index (χ3v) is 6.13. The highest BCUT2D eigenvalue weighted by Gasteiger charge is 2.43. The monoisotopic (exact) mass is 315 g/mol. The molecule has 1 aromatic carbocycles. The second-order valence-electron chi connectivity index (χ2n) is 7.90. The lowest BCUT2D eigenvalue weighted by Crippen LogP contribution is -2.49. The normalized spacial score (nSPS) is 31.0. The Morgan fingerprint density at radius 1 is 1.35 bits per heavy atom. The van der Waals surface area contributed by atoms with Gasteiger partial charge in [0.25, 0.3) is 0 Å². The molecule has 2 N–H and O–H groups in total. The molecule has 2 heteroatoms. The second kappa shape index (κ2) is 7.09. The van der Waals surface area contributed by atoms with Crippen LogP contribution in [0, 0.1) is 18.8 Å². The predicted octanol–water partition coefficient (Wildman–Crippen LogP) is 4.95. The molecule has 0 spiro atoms. The summed E-state index contributed by atoms with van der Waals surface area (Å²) in [7, 11) is 0. The van der Waals surface area contributed by atoms with Gasteiger partial charge in [0, 0.05) is 12.6 Å². The van der Waals surface area contributed by atoms with E-state index in [0.29, 0.717) is 23.6 Å². The van der Waals surface area contributed by atoms with Crippen molar-refractivity contribution in [1.29, 1.82) is 0 Å². The van der Waals surface area contributed by atoms with E-state index in [4.69, 9.17) is 0 Å². The molecule has 128 valence electrons. The Labute approximate surface area is 142 Å².